The number of amidine groups is 1. The Morgan fingerprint density at radius 1 is 0.907 bits per heavy atom. The number of nitrogens with two attached hydrogens (primary N) is 1. The van der Waals surface area contributed by atoms with Crippen molar-refractivity contribution in [2.75, 3.05) is 23.4 Å². The van der Waals surface area contributed by atoms with Gasteiger partial charge in [-0.3, -0.25) is 19.8 Å². The van der Waals surface area contributed by atoms with Gasteiger partial charge in [-0.25, -0.2) is 18.0 Å². The number of halogens is 3. The van der Waals surface area contributed by atoms with E-state index >= 15 is 0 Å². The average Bonchev–Trinajstić information content (AvgIpc) is 3.52. The summed E-state index contributed by atoms with van der Waals surface area (Å²) in [7, 11) is -4.04. The summed E-state index contributed by atoms with van der Waals surface area (Å²) in [6.07, 6.45) is -1.72. The molecule has 294 valence electrons. The van der Waals surface area contributed by atoms with Gasteiger partial charge in [0.05, 0.1) is 24.6 Å². The topological polar surface area (TPSA) is 266 Å². The van der Waals surface area contributed by atoms with E-state index in [9.17, 15) is 40.8 Å². The van der Waals surface area contributed by atoms with Gasteiger partial charge in [0.2, 0.25) is 15.7 Å². The van der Waals surface area contributed by atoms with Crippen LogP contribution in [0.5, 0.6) is 0 Å². The zero-order valence-corrected chi connectivity index (χ0v) is 31.3. The molecule has 3 aromatic rings. The lowest BCUT2D eigenvalue weighted by Crippen LogP contribution is -2.29. The number of aryl methyl sites for hydroxylation is 1. The van der Waals surface area contributed by atoms with Crippen LogP contribution in [0.25, 0.3) is 11.1 Å². The zero-order valence-electron chi connectivity index (χ0n) is 28.8. The van der Waals surface area contributed by atoms with E-state index in [1.807, 2.05) is 0 Å². The number of nitrogen functional groups attached to an aromatic ring is 1. The SMILES string of the molecule is CSc1sc(C(=N)N)cc1S(=O)(=O)c1cccc(-c2c(C)cc(NC(=O)NCCCCCC(=O)O)cc2NC(=O)CCCC(=O)O)c1.O=C(O)C(F)(F)F. The van der Waals surface area contributed by atoms with Crippen molar-refractivity contribution in [3.8, 4) is 11.1 Å². The van der Waals surface area contributed by atoms with Crippen molar-refractivity contribution in [3.63, 3.8) is 0 Å². The molecule has 0 saturated carbocycles. The fourth-order valence-corrected chi connectivity index (χ4v) is 8.58. The number of amides is 3. The number of sulfone groups is 1. The molecule has 0 aliphatic heterocycles. The van der Waals surface area contributed by atoms with E-state index < -0.39 is 45.9 Å². The van der Waals surface area contributed by atoms with E-state index in [4.69, 9.17) is 31.3 Å². The van der Waals surface area contributed by atoms with Crippen LogP contribution in [-0.2, 0) is 29.0 Å². The minimum absolute atomic E-state index is 0.0127. The minimum atomic E-state index is -5.08. The van der Waals surface area contributed by atoms with Gasteiger partial charge < -0.3 is 37.0 Å². The van der Waals surface area contributed by atoms with E-state index in [1.165, 1.54) is 36.0 Å². The number of alkyl halides is 3. The first kappa shape index (κ1) is 45.0. The molecule has 0 saturated heterocycles. The number of carbonyl (C=O) groups is 5. The lowest BCUT2D eigenvalue weighted by molar-refractivity contribution is -0.192. The van der Waals surface area contributed by atoms with Gasteiger partial charge >= 0.3 is 30.1 Å². The Morgan fingerprint density at radius 3 is 2.11 bits per heavy atom. The summed E-state index contributed by atoms with van der Waals surface area (Å²) in [5.41, 5.74) is 7.82. The second-order valence-electron chi connectivity index (χ2n) is 11.3. The molecule has 2 aromatic carbocycles. The smallest absolute Gasteiger partial charge is 0.481 e. The van der Waals surface area contributed by atoms with Gasteiger partial charge in [-0.05, 0) is 73.9 Å². The van der Waals surface area contributed by atoms with Crippen LogP contribution < -0.4 is 21.7 Å². The second kappa shape index (κ2) is 20.3. The Labute approximate surface area is 316 Å². The Bertz CT molecular complexity index is 1990. The van der Waals surface area contributed by atoms with Gasteiger partial charge in [0, 0.05) is 37.1 Å². The summed E-state index contributed by atoms with van der Waals surface area (Å²) < 4.78 is 59.8. The van der Waals surface area contributed by atoms with Crippen molar-refractivity contribution in [1.82, 2.24) is 5.32 Å². The Hall–Kier alpha value is -5.15. The predicted octanol–water partition coefficient (Wildman–Crippen LogP) is 6.16. The van der Waals surface area contributed by atoms with Crippen LogP contribution in [0.1, 0.15) is 55.4 Å². The summed E-state index contributed by atoms with van der Waals surface area (Å²) in [6, 6.07) is 10.3. The van der Waals surface area contributed by atoms with E-state index in [2.05, 4.69) is 16.0 Å². The molecule has 0 aliphatic carbocycles. The number of nitrogens with one attached hydrogen (secondary N) is 4. The van der Waals surface area contributed by atoms with Crippen molar-refractivity contribution in [2.24, 2.45) is 5.73 Å². The maximum absolute atomic E-state index is 13.8. The largest absolute Gasteiger partial charge is 0.490 e. The van der Waals surface area contributed by atoms with Gasteiger partial charge in [0.25, 0.3) is 0 Å². The molecular formula is C33H38F3N5O10S3. The van der Waals surface area contributed by atoms with Gasteiger partial charge in [-0.1, -0.05) is 18.6 Å². The maximum Gasteiger partial charge on any atom is 0.490 e. The molecule has 9 N–H and O–H groups in total. The molecule has 0 atom stereocenters. The first-order valence-electron chi connectivity index (χ1n) is 15.8. The van der Waals surface area contributed by atoms with E-state index in [1.54, 1.807) is 31.4 Å². The van der Waals surface area contributed by atoms with Crippen molar-refractivity contribution in [2.45, 2.75) is 72.0 Å². The number of benzene rings is 2. The molecule has 3 rings (SSSR count). The number of hydrogen-bond donors (Lipinski definition) is 8. The summed E-state index contributed by atoms with van der Waals surface area (Å²) in [5, 5.41) is 40.8. The maximum atomic E-state index is 13.8. The summed E-state index contributed by atoms with van der Waals surface area (Å²) in [5.74, 6) is -5.36. The minimum Gasteiger partial charge on any atom is -0.481 e. The molecular weight excluding hydrogens is 780 g/mol. The summed E-state index contributed by atoms with van der Waals surface area (Å²) in [4.78, 5) is 56.3. The van der Waals surface area contributed by atoms with Gasteiger partial charge in [0.15, 0.2) is 0 Å². The Balaban J connectivity index is 0.00000131. The number of unbranched alkanes of at least 4 members (excludes halogenated alkanes) is 2. The molecule has 0 spiro atoms. The highest BCUT2D eigenvalue weighted by molar-refractivity contribution is 8.01. The fraction of sp³-hybridized carbons (Fsp3) is 0.333. The molecule has 0 radical (unpaired) electrons. The number of urea groups is 1. The monoisotopic (exact) mass is 817 g/mol. The molecule has 3 amide bonds. The van der Waals surface area contributed by atoms with Crippen molar-refractivity contribution in [3.05, 3.63) is 52.9 Å². The van der Waals surface area contributed by atoms with Crippen LogP contribution in [0, 0.1) is 12.3 Å². The third kappa shape index (κ3) is 14.0. The van der Waals surface area contributed by atoms with Crippen molar-refractivity contribution >= 4 is 80.0 Å². The predicted molar refractivity (Wildman–Crippen MR) is 196 cm³/mol. The average molecular weight is 818 g/mol. The van der Waals surface area contributed by atoms with Crippen LogP contribution in [0.2, 0.25) is 0 Å². The lowest BCUT2D eigenvalue weighted by Gasteiger charge is -2.18. The normalized spacial score (nSPS) is 11.1. The number of carboxylic acid groups (broad SMARTS) is 3. The van der Waals surface area contributed by atoms with Crippen LogP contribution in [0.3, 0.4) is 0 Å². The van der Waals surface area contributed by atoms with Crippen LogP contribution in [0.4, 0.5) is 29.3 Å². The number of rotatable bonds is 17. The number of anilines is 2. The molecule has 1 heterocycles. The number of thiophene rings is 1. The van der Waals surface area contributed by atoms with Gasteiger partial charge in [-0.15, -0.1) is 23.1 Å². The van der Waals surface area contributed by atoms with Crippen molar-refractivity contribution < 1.29 is 60.9 Å². The van der Waals surface area contributed by atoms with Crippen molar-refractivity contribution in [1.29, 1.82) is 5.41 Å². The number of carboxylic acids is 3. The summed E-state index contributed by atoms with van der Waals surface area (Å²) >= 11 is 2.35. The quantitative estimate of drug-likeness (QED) is 0.0330. The standard InChI is InChI=1S/C31H37N5O8S3.C2HF3O2/c1-18-14-20(35-31(42)34-13-5-3-4-11-26(38)39)16-22(36-25(37)10-7-12-27(40)41)28(18)19-8-6-9-21(15-19)47(43,44)24-17-23(29(32)33)46-30(24)45-2;3-2(4,5)1(6)7/h6,8-9,14-17H,3-5,7,10-13H2,1-2H3,(H3,32,33)(H,36,37)(H,38,39)(H,40,41)(H2,34,35,42);(H,6,7). The second-order valence-corrected chi connectivity index (χ2v) is 15.4. The molecule has 15 nitrogen and oxygen atoms in total. The molecule has 0 bridgehead atoms. The lowest BCUT2D eigenvalue weighted by atomic mass is 9.97. The highest BCUT2D eigenvalue weighted by atomic mass is 32.2. The first-order chi connectivity index (χ1) is 25.2. The fourth-order valence-electron chi connectivity index (χ4n) is 4.67. The number of hydrogen-bond acceptors (Lipinski definition) is 10. The Kier molecular flexibility index (Phi) is 17.0. The molecule has 1 aromatic heterocycles. The van der Waals surface area contributed by atoms with Gasteiger partial charge in [-0.2, -0.15) is 13.2 Å². The first-order valence-corrected chi connectivity index (χ1v) is 19.3. The summed E-state index contributed by atoms with van der Waals surface area (Å²) in [6.45, 7) is 2.07. The molecule has 0 unspecified atom stereocenters. The van der Waals surface area contributed by atoms with Crippen LogP contribution >= 0.6 is 23.1 Å². The molecule has 0 fully saturated rings. The Morgan fingerprint density at radius 2 is 1.54 bits per heavy atom. The highest BCUT2D eigenvalue weighted by Crippen LogP contribution is 2.39. The number of aliphatic carboxylic acids is 3. The third-order valence-corrected chi connectivity index (χ3v) is 11.4. The highest BCUT2D eigenvalue weighted by Gasteiger charge is 2.38. The van der Waals surface area contributed by atoms with Crippen LogP contribution in [-0.4, -0.2) is 78.4 Å². The zero-order chi connectivity index (χ0) is 40.8. The van der Waals surface area contributed by atoms with Crippen LogP contribution in [0.15, 0.2) is 56.5 Å². The number of carbonyl (C=O) groups excluding carboxylic acids is 2. The number of thioether (sulfide) groups is 1. The van der Waals surface area contributed by atoms with Gasteiger partial charge in [0.1, 0.15) is 5.84 Å². The molecule has 54 heavy (non-hydrogen) atoms. The third-order valence-electron chi connectivity index (χ3n) is 7.10. The molecule has 21 heteroatoms. The molecule has 0 aliphatic rings. The van der Waals surface area contributed by atoms with E-state index in [-0.39, 0.29) is 47.0 Å². The van der Waals surface area contributed by atoms with E-state index in [0.717, 1.165) is 11.3 Å². The van der Waals surface area contributed by atoms with E-state index in [0.29, 0.717) is 57.3 Å².